The maximum Gasteiger partial charge on any atom is 0.416 e. The fourth-order valence-corrected chi connectivity index (χ4v) is 3.32. The molecule has 0 fully saturated rings. The van der Waals surface area contributed by atoms with Gasteiger partial charge in [0.15, 0.2) is 0 Å². The Morgan fingerprint density at radius 2 is 1.85 bits per heavy atom. The van der Waals surface area contributed by atoms with Crippen molar-refractivity contribution in [3.8, 4) is 11.3 Å². The second-order valence-electron chi connectivity index (χ2n) is 5.63. The molecule has 1 N–H and O–H groups in total. The molecule has 3 aromatic rings. The Hall–Kier alpha value is -2.31. The van der Waals surface area contributed by atoms with Crippen LogP contribution in [-0.4, -0.2) is 16.1 Å². The highest BCUT2D eigenvalue weighted by Crippen LogP contribution is 2.37. The third-order valence-electron chi connectivity index (χ3n) is 3.93. The van der Waals surface area contributed by atoms with Gasteiger partial charge in [0.1, 0.15) is 0 Å². The van der Waals surface area contributed by atoms with E-state index >= 15 is 0 Å². The number of fused-ring (bicyclic) bond motifs is 1. The number of hydrogen-bond donors (Lipinski definition) is 1. The first-order valence-electron chi connectivity index (χ1n) is 7.30. The monoisotopic (exact) mass is 399 g/mol. The lowest BCUT2D eigenvalue weighted by Gasteiger charge is -2.14. The molecule has 0 aliphatic heterocycles. The Morgan fingerprint density at radius 3 is 2.46 bits per heavy atom. The number of hydrogen-bond acceptors (Lipinski definition) is 2. The first kappa shape index (κ1) is 18.5. The highest BCUT2D eigenvalue weighted by molar-refractivity contribution is 6.38. The molecule has 0 amide bonds. The van der Waals surface area contributed by atoms with E-state index < -0.39 is 17.7 Å². The Labute approximate surface area is 156 Å². The van der Waals surface area contributed by atoms with Gasteiger partial charge in [-0.25, -0.2) is 9.78 Å². The molecule has 0 aliphatic carbocycles. The number of benzene rings is 2. The zero-order valence-electron chi connectivity index (χ0n) is 13.2. The minimum Gasteiger partial charge on any atom is -0.478 e. The van der Waals surface area contributed by atoms with Crippen molar-refractivity contribution in [2.75, 3.05) is 0 Å². The number of carboxylic acid groups (broad SMARTS) is 1. The van der Waals surface area contributed by atoms with Crippen LogP contribution in [0.25, 0.3) is 22.2 Å². The molecule has 2 aromatic carbocycles. The number of carboxylic acids is 1. The van der Waals surface area contributed by atoms with Crippen LogP contribution in [0.1, 0.15) is 21.5 Å². The van der Waals surface area contributed by atoms with Gasteiger partial charge in [0, 0.05) is 16.0 Å². The molecular formula is C18H10Cl2F3NO2. The van der Waals surface area contributed by atoms with Crippen molar-refractivity contribution in [2.24, 2.45) is 0 Å². The average Bonchev–Trinajstić information content (AvgIpc) is 2.53. The van der Waals surface area contributed by atoms with Gasteiger partial charge in [0.2, 0.25) is 0 Å². The molecule has 3 rings (SSSR count). The highest BCUT2D eigenvalue weighted by Gasteiger charge is 2.31. The molecule has 0 aliphatic rings. The van der Waals surface area contributed by atoms with Crippen LogP contribution in [0, 0.1) is 6.92 Å². The van der Waals surface area contributed by atoms with Crippen LogP contribution in [-0.2, 0) is 6.18 Å². The summed E-state index contributed by atoms with van der Waals surface area (Å²) in [5, 5.41) is 10.2. The first-order valence-corrected chi connectivity index (χ1v) is 8.05. The van der Waals surface area contributed by atoms with Crippen LogP contribution in [0.2, 0.25) is 10.0 Å². The van der Waals surface area contributed by atoms with Crippen molar-refractivity contribution in [3.05, 3.63) is 63.1 Å². The molecule has 3 nitrogen and oxygen atoms in total. The Kier molecular flexibility index (Phi) is 4.58. The van der Waals surface area contributed by atoms with Gasteiger partial charge in [-0.1, -0.05) is 35.3 Å². The molecule has 1 heterocycles. The van der Waals surface area contributed by atoms with Gasteiger partial charge in [0.05, 0.1) is 27.4 Å². The number of nitrogens with zero attached hydrogens (tertiary/aromatic N) is 1. The summed E-state index contributed by atoms with van der Waals surface area (Å²) in [6, 6.07) is 7.36. The lowest BCUT2D eigenvalue weighted by Crippen LogP contribution is -2.07. The van der Waals surface area contributed by atoms with E-state index in [1.165, 1.54) is 31.2 Å². The maximum absolute atomic E-state index is 13.0. The highest BCUT2D eigenvalue weighted by atomic mass is 35.5. The predicted octanol–water partition coefficient (Wildman–Crippen LogP) is 6.23. The van der Waals surface area contributed by atoms with E-state index in [9.17, 15) is 23.1 Å². The van der Waals surface area contributed by atoms with Gasteiger partial charge >= 0.3 is 12.1 Å². The molecule has 0 spiro atoms. The van der Waals surface area contributed by atoms with Crippen LogP contribution in [0.3, 0.4) is 0 Å². The molecule has 0 saturated carbocycles. The van der Waals surface area contributed by atoms with E-state index in [4.69, 9.17) is 23.2 Å². The van der Waals surface area contributed by atoms with Crippen LogP contribution < -0.4 is 0 Å². The van der Waals surface area contributed by atoms with E-state index in [0.717, 1.165) is 12.1 Å². The van der Waals surface area contributed by atoms with Gasteiger partial charge < -0.3 is 5.11 Å². The van der Waals surface area contributed by atoms with Gasteiger partial charge in [-0.15, -0.1) is 0 Å². The van der Waals surface area contributed by atoms with Crippen molar-refractivity contribution in [2.45, 2.75) is 13.1 Å². The van der Waals surface area contributed by atoms with Crippen LogP contribution in [0.5, 0.6) is 0 Å². The number of halogens is 5. The number of pyridine rings is 1. The first-order chi connectivity index (χ1) is 12.1. The number of aromatic carboxylic acids is 1. The number of rotatable bonds is 2. The topological polar surface area (TPSA) is 50.2 Å². The number of carbonyl (C=O) groups is 1. The Bertz CT molecular complexity index is 1050. The lowest BCUT2D eigenvalue weighted by atomic mass is 9.97. The van der Waals surface area contributed by atoms with Crippen LogP contribution in [0.4, 0.5) is 13.2 Å². The molecule has 134 valence electrons. The molecule has 0 bridgehead atoms. The molecule has 0 unspecified atom stereocenters. The quantitative estimate of drug-likeness (QED) is 0.555. The summed E-state index contributed by atoms with van der Waals surface area (Å²) >= 11 is 12.1. The van der Waals surface area contributed by atoms with Gasteiger partial charge in [-0.2, -0.15) is 13.2 Å². The second-order valence-corrected chi connectivity index (χ2v) is 6.47. The van der Waals surface area contributed by atoms with E-state index in [-0.39, 0.29) is 43.3 Å². The summed E-state index contributed by atoms with van der Waals surface area (Å²) in [6.07, 6.45) is -4.53. The molecule has 8 heteroatoms. The third-order valence-corrected chi connectivity index (χ3v) is 4.43. The van der Waals surface area contributed by atoms with Gasteiger partial charge in [0.25, 0.3) is 0 Å². The molecule has 26 heavy (non-hydrogen) atoms. The zero-order valence-corrected chi connectivity index (χ0v) is 14.7. The van der Waals surface area contributed by atoms with Gasteiger partial charge in [-0.3, -0.25) is 0 Å². The van der Waals surface area contributed by atoms with E-state index in [0.29, 0.717) is 0 Å². The summed E-state index contributed by atoms with van der Waals surface area (Å²) < 4.78 is 39.0. The minimum atomic E-state index is -4.53. The predicted molar refractivity (Wildman–Crippen MR) is 93.9 cm³/mol. The summed E-state index contributed by atoms with van der Waals surface area (Å²) in [5.74, 6) is -1.25. The van der Waals surface area contributed by atoms with E-state index in [1.807, 2.05) is 0 Å². The van der Waals surface area contributed by atoms with Crippen LogP contribution >= 0.6 is 23.2 Å². The largest absolute Gasteiger partial charge is 0.478 e. The standard InChI is InChI=1S/C18H10Cl2F3NO2/c1-8-14(17(25)26)12-6-11(19)7-13(20)16(12)24-15(8)9-3-2-4-10(5-9)18(21,22)23/h2-7H,1H3,(H,25,26). The van der Waals surface area contributed by atoms with Crippen molar-refractivity contribution in [3.63, 3.8) is 0 Å². The normalized spacial score (nSPS) is 11.8. The van der Waals surface area contributed by atoms with E-state index in [1.54, 1.807) is 0 Å². The summed E-state index contributed by atoms with van der Waals surface area (Å²) in [6.45, 7) is 1.49. The maximum atomic E-state index is 13.0. The zero-order chi connectivity index (χ0) is 19.2. The van der Waals surface area contributed by atoms with Crippen molar-refractivity contribution >= 4 is 40.1 Å². The molecule has 0 saturated heterocycles. The number of alkyl halides is 3. The fourth-order valence-electron chi connectivity index (χ4n) is 2.79. The molecular weight excluding hydrogens is 390 g/mol. The lowest BCUT2D eigenvalue weighted by molar-refractivity contribution is -0.137. The molecule has 0 radical (unpaired) electrons. The SMILES string of the molecule is Cc1c(-c2cccc(C(F)(F)F)c2)nc2c(Cl)cc(Cl)cc2c1C(=O)O. The van der Waals surface area contributed by atoms with Crippen LogP contribution in [0.15, 0.2) is 36.4 Å². The smallest absolute Gasteiger partial charge is 0.416 e. The third kappa shape index (κ3) is 3.22. The summed E-state index contributed by atoms with van der Waals surface area (Å²) in [4.78, 5) is 16.1. The average molecular weight is 400 g/mol. The fraction of sp³-hybridized carbons (Fsp3) is 0.111. The van der Waals surface area contributed by atoms with Crippen molar-refractivity contribution in [1.29, 1.82) is 0 Å². The summed E-state index contributed by atoms with van der Waals surface area (Å²) in [5.41, 5.74) is -0.311. The molecule has 0 atom stereocenters. The van der Waals surface area contributed by atoms with Gasteiger partial charge in [-0.05, 0) is 36.8 Å². The molecule has 1 aromatic heterocycles. The van der Waals surface area contributed by atoms with Crippen molar-refractivity contribution < 1.29 is 23.1 Å². The van der Waals surface area contributed by atoms with E-state index in [2.05, 4.69) is 4.98 Å². The Morgan fingerprint density at radius 1 is 1.15 bits per heavy atom. The Balaban J connectivity index is 2.38. The van der Waals surface area contributed by atoms with Crippen molar-refractivity contribution in [1.82, 2.24) is 4.98 Å². The minimum absolute atomic E-state index is 0.105. The summed E-state index contributed by atoms with van der Waals surface area (Å²) in [7, 11) is 0. The number of aromatic nitrogens is 1. The second kappa shape index (κ2) is 6.45.